The van der Waals surface area contributed by atoms with E-state index in [-0.39, 0.29) is 30.7 Å². The number of carbonyl (C=O) groups excluding carboxylic acids is 1. The van der Waals surface area contributed by atoms with Crippen LogP contribution in [0, 0.1) is 0 Å². The van der Waals surface area contributed by atoms with Gasteiger partial charge in [0, 0.05) is 15.9 Å². The third-order valence-electron chi connectivity index (χ3n) is 2.89. The van der Waals surface area contributed by atoms with Crippen molar-refractivity contribution in [2.45, 2.75) is 22.8 Å². The van der Waals surface area contributed by atoms with Crippen LogP contribution in [0.5, 0.6) is 0 Å². The highest BCUT2D eigenvalue weighted by Gasteiger charge is 2.08. The number of pyridine rings is 1. The first-order valence-electron chi connectivity index (χ1n) is 7.08. The van der Waals surface area contributed by atoms with Crippen molar-refractivity contribution < 1.29 is 4.79 Å². The molecule has 4 nitrogen and oxygen atoms in total. The molecule has 0 aliphatic heterocycles. The number of hydrogen-bond acceptors (Lipinski definition) is 4. The molecular weight excluding hydrogens is 433 g/mol. The normalized spacial score (nSPS) is 9.58. The fourth-order valence-corrected chi connectivity index (χ4v) is 3.23. The van der Waals surface area contributed by atoms with Crippen LogP contribution in [0.1, 0.15) is 23.3 Å². The predicted octanol–water partition coefficient (Wildman–Crippen LogP) is 4.31. The van der Waals surface area contributed by atoms with E-state index in [1.807, 2.05) is 36.4 Å². The number of halogens is 3. The summed E-state index contributed by atoms with van der Waals surface area (Å²) in [6.07, 6.45) is 1.79. The van der Waals surface area contributed by atoms with Crippen LogP contribution in [0.25, 0.3) is 0 Å². The first-order chi connectivity index (χ1) is 10.7. The third-order valence-corrected chi connectivity index (χ3v) is 4.31. The van der Waals surface area contributed by atoms with E-state index in [1.54, 1.807) is 6.07 Å². The van der Waals surface area contributed by atoms with Crippen LogP contribution in [0.2, 0.25) is 0 Å². The molecule has 8 heteroatoms. The Morgan fingerprint density at radius 2 is 1.92 bits per heavy atom. The number of benzene rings is 1. The summed E-state index contributed by atoms with van der Waals surface area (Å²) in [6, 6.07) is 13.5. The molecule has 0 spiro atoms. The molecule has 1 heterocycles. The molecule has 1 aromatic carbocycles. The topological polar surface area (TPSA) is 68.0 Å². The van der Waals surface area contributed by atoms with E-state index in [9.17, 15) is 4.79 Å². The Balaban J connectivity index is 0.00000264. The Morgan fingerprint density at radius 3 is 2.62 bits per heavy atom. The van der Waals surface area contributed by atoms with Crippen molar-refractivity contribution in [2.75, 3.05) is 13.1 Å². The molecule has 2 aromatic rings. The fraction of sp³-hybridized carbons (Fsp3) is 0.250. The standard InChI is InChI=1S/C16H18BrN3OS.2ClH/c17-12-5-3-6-13(11-12)22-15-8-4-7-14(20-15)16(21)19-10-2-1-9-18;;/h3-8,11H,1-2,9-10,18H2,(H,19,21);2*1H. The molecule has 0 saturated heterocycles. The zero-order valence-corrected chi connectivity index (χ0v) is 16.9. The van der Waals surface area contributed by atoms with Gasteiger partial charge in [0.1, 0.15) is 10.7 Å². The van der Waals surface area contributed by atoms with Gasteiger partial charge in [0.2, 0.25) is 0 Å². The van der Waals surface area contributed by atoms with Crippen LogP contribution in [-0.4, -0.2) is 24.0 Å². The summed E-state index contributed by atoms with van der Waals surface area (Å²) in [7, 11) is 0. The minimum atomic E-state index is -0.145. The number of nitrogens with two attached hydrogens (primary N) is 1. The molecule has 1 amide bonds. The zero-order chi connectivity index (χ0) is 15.8. The number of rotatable bonds is 7. The molecule has 2 rings (SSSR count). The highest BCUT2D eigenvalue weighted by molar-refractivity contribution is 9.10. The molecular formula is C16H20BrCl2N3OS. The Bertz CT molecular complexity index is 646. The van der Waals surface area contributed by atoms with E-state index in [0.717, 1.165) is 27.2 Å². The lowest BCUT2D eigenvalue weighted by molar-refractivity contribution is 0.0947. The summed E-state index contributed by atoms with van der Waals surface area (Å²) in [5.74, 6) is -0.145. The Hall–Kier alpha value is -0.790. The van der Waals surface area contributed by atoms with Crippen molar-refractivity contribution in [3.8, 4) is 0 Å². The van der Waals surface area contributed by atoms with Gasteiger partial charge >= 0.3 is 0 Å². The van der Waals surface area contributed by atoms with E-state index in [1.165, 1.54) is 11.8 Å². The van der Waals surface area contributed by atoms with Crippen molar-refractivity contribution in [3.63, 3.8) is 0 Å². The molecule has 0 unspecified atom stereocenters. The van der Waals surface area contributed by atoms with Crippen LogP contribution in [0.4, 0.5) is 0 Å². The molecule has 132 valence electrons. The minimum Gasteiger partial charge on any atom is -0.351 e. The molecule has 0 bridgehead atoms. The fourth-order valence-electron chi connectivity index (χ4n) is 1.81. The van der Waals surface area contributed by atoms with Crippen LogP contribution in [-0.2, 0) is 0 Å². The molecule has 0 radical (unpaired) electrons. The first-order valence-corrected chi connectivity index (χ1v) is 8.69. The molecule has 0 aliphatic rings. The van der Waals surface area contributed by atoms with Crippen LogP contribution >= 0.6 is 52.5 Å². The Labute approximate surface area is 167 Å². The Morgan fingerprint density at radius 1 is 1.17 bits per heavy atom. The molecule has 0 atom stereocenters. The van der Waals surface area contributed by atoms with E-state index in [0.29, 0.717) is 18.8 Å². The minimum absolute atomic E-state index is 0. The van der Waals surface area contributed by atoms with Gasteiger partial charge in [0.05, 0.1) is 0 Å². The average molecular weight is 453 g/mol. The van der Waals surface area contributed by atoms with Crippen LogP contribution in [0.3, 0.4) is 0 Å². The number of unbranched alkanes of at least 4 members (excludes halogenated alkanes) is 1. The molecule has 0 fully saturated rings. The van der Waals surface area contributed by atoms with Gasteiger partial charge in [-0.15, -0.1) is 24.8 Å². The van der Waals surface area contributed by atoms with E-state index in [4.69, 9.17) is 5.73 Å². The smallest absolute Gasteiger partial charge is 0.269 e. The maximum Gasteiger partial charge on any atom is 0.269 e. The highest BCUT2D eigenvalue weighted by Crippen LogP contribution is 2.28. The number of nitrogens with one attached hydrogen (secondary N) is 1. The number of aromatic nitrogens is 1. The van der Waals surface area contributed by atoms with Crippen LogP contribution < -0.4 is 11.1 Å². The second kappa shape index (κ2) is 12.6. The largest absolute Gasteiger partial charge is 0.351 e. The summed E-state index contributed by atoms with van der Waals surface area (Å²) in [5, 5.41) is 3.66. The summed E-state index contributed by atoms with van der Waals surface area (Å²) in [6.45, 7) is 1.27. The van der Waals surface area contributed by atoms with Gasteiger partial charge in [-0.1, -0.05) is 39.8 Å². The van der Waals surface area contributed by atoms with E-state index in [2.05, 4.69) is 26.2 Å². The van der Waals surface area contributed by atoms with Gasteiger partial charge in [0.25, 0.3) is 5.91 Å². The van der Waals surface area contributed by atoms with Gasteiger partial charge < -0.3 is 11.1 Å². The van der Waals surface area contributed by atoms with Gasteiger partial charge in [-0.25, -0.2) is 4.98 Å². The average Bonchev–Trinajstić information content (AvgIpc) is 2.52. The highest BCUT2D eigenvalue weighted by atomic mass is 79.9. The summed E-state index contributed by atoms with van der Waals surface area (Å²) >= 11 is 4.98. The lowest BCUT2D eigenvalue weighted by Gasteiger charge is -2.06. The quantitative estimate of drug-likeness (QED) is 0.614. The lowest BCUT2D eigenvalue weighted by atomic mass is 10.3. The van der Waals surface area contributed by atoms with Gasteiger partial charge in [-0.2, -0.15) is 0 Å². The predicted molar refractivity (Wildman–Crippen MR) is 108 cm³/mol. The van der Waals surface area contributed by atoms with E-state index < -0.39 is 0 Å². The molecule has 0 aliphatic carbocycles. The maximum atomic E-state index is 12.0. The molecule has 0 saturated carbocycles. The second-order valence-corrected chi connectivity index (χ2v) is 6.68. The SMILES string of the molecule is Cl.Cl.NCCCCNC(=O)c1cccc(Sc2cccc(Br)c2)n1. The van der Waals surface area contributed by atoms with Crippen molar-refractivity contribution in [2.24, 2.45) is 5.73 Å². The van der Waals surface area contributed by atoms with E-state index >= 15 is 0 Å². The third kappa shape index (κ3) is 7.85. The number of hydrogen-bond donors (Lipinski definition) is 2. The number of amides is 1. The van der Waals surface area contributed by atoms with Gasteiger partial charge in [0.15, 0.2) is 0 Å². The molecule has 24 heavy (non-hydrogen) atoms. The molecule has 3 N–H and O–H groups in total. The van der Waals surface area contributed by atoms with Crippen molar-refractivity contribution >= 4 is 58.4 Å². The van der Waals surface area contributed by atoms with Crippen molar-refractivity contribution in [3.05, 3.63) is 52.6 Å². The summed E-state index contributed by atoms with van der Waals surface area (Å²) in [4.78, 5) is 17.5. The number of carbonyl (C=O) groups is 1. The van der Waals surface area contributed by atoms with Gasteiger partial charge in [-0.3, -0.25) is 4.79 Å². The summed E-state index contributed by atoms with van der Waals surface area (Å²) in [5.41, 5.74) is 5.87. The lowest BCUT2D eigenvalue weighted by Crippen LogP contribution is -2.25. The van der Waals surface area contributed by atoms with Crippen molar-refractivity contribution in [1.82, 2.24) is 10.3 Å². The van der Waals surface area contributed by atoms with Gasteiger partial charge in [-0.05, 0) is 49.7 Å². The summed E-state index contributed by atoms with van der Waals surface area (Å²) < 4.78 is 1.02. The second-order valence-electron chi connectivity index (χ2n) is 4.67. The van der Waals surface area contributed by atoms with Crippen molar-refractivity contribution in [1.29, 1.82) is 0 Å². The first kappa shape index (κ1) is 23.2. The Kier molecular flexibility index (Phi) is 12.1. The maximum absolute atomic E-state index is 12.0. The monoisotopic (exact) mass is 451 g/mol. The number of nitrogens with zero attached hydrogens (tertiary/aromatic N) is 1. The van der Waals surface area contributed by atoms with Crippen LogP contribution in [0.15, 0.2) is 56.9 Å². The zero-order valence-electron chi connectivity index (χ0n) is 12.9. The molecule has 1 aromatic heterocycles.